The van der Waals surface area contributed by atoms with Gasteiger partial charge in [0.25, 0.3) is 0 Å². The summed E-state index contributed by atoms with van der Waals surface area (Å²) >= 11 is 0. The van der Waals surface area contributed by atoms with Gasteiger partial charge in [-0.25, -0.2) is 0 Å². The van der Waals surface area contributed by atoms with Crippen molar-refractivity contribution in [3.8, 4) is 0 Å². The predicted octanol–water partition coefficient (Wildman–Crippen LogP) is 2.20. The van der Waals surface area contributed by atoms with Crippen molar-refractivity contribution in [2.75, 3.05) is 14.2 Å². The van der Waals surface area contributed by atoms with Crippen LogP contribution in [0.5, 0.6) is 0 Å². The smallest absolute Gasteiger partial charge is 0.310 e. The zero-order chi connectivity index (χ0) is 16.5. The maximum absolute atomic E-state index is 11.1. The van der Waals surface area contributed by atoms with Crippen LogP contribution in [0.1, 0.15) is 51.4 Å². The number of carbonyl (C=O) groups excluding carboxylic acids is 2. The zero-order valence-corrected chi connectivity index (χ0v) is 16.2. The lowest BCUT2D eigenvalue weighted by Gasteiger charge is -2.25. The highest BCUT2D eigenvalue weighted by Gasteiger charge is 2.29. The number of esters is 2. The predicted molar refractivity (Wildman–Crippen MR) is 98.4 cm³/mol. The van der Waals surface area contributed by atoms with Gasteiger partial charge in [-0.3, -0.25) is 9.59 Å². The quantitative estimate of drug-likeness (QED) is 0.704. The summed E-state index contributed by atoms with van der Waals surface area (Å²) in [5.41, 5.74) is 11.5. The molecule has 0 unspecified atom stereocenters. The van der Waals surface area contributed by atoms with E-state index in [4.69, 9.17) is 11.5 Å². The van der Waals surface area contributed by atoms with Crippen molar-refractivity contribution in [1.29, 1.82) is 0 Å². The van der Waals surface area contributed by atoms with Crippen LogP contribution in [0.4, 0.5) is 0 Å². The first-order valence-electron chi connectivity index (χ1n) is 8.18. The van der Waals surface area contributed by atoms with E-state index in [1.807, 2.05) is 0 Å². The summed E-state index contributed by atoms with van der Waals surface area (Å²) in [6, 6.07) is 0.0485. The zero-order valence-electron chi connectivity index (χ0n) is 14.6. The summed E-state index contributed by atoms with van der Waals surface area (Å²) in [5.74, 6) is -0.378. The molecule has 2 rings (SSSR count). The van der Waals surface area contributed by atoms with Crippen LogP contribution in [-0.4, -0.2) is 38.2 Å². The molecule has 2 aliphatic carbocycles. The fourth-order valence-corrected chi connectivity index (χ4v) is 3.21. The minimum Gasteiger partial charge on any atom is -0.469 e. The second-order valence-corrected chi connectivity index (χ2v) is 6.16. The van der Waals surface area contributed by atoms with E-state index in [1.54, 1.807) is 0 Å². The SMILES string of the molecule is COC(=O)[C@@H]1CCCC[C@H]1N.COC(=O)[C@H]1CCCC[C@@H]1N.Cl.Cl. The molecule has 0 aromatic heterocycles. The minimum absolute atomic E-state index is 0. The summed E-state index contributed by atoms with van der Waals surface area (Å²) in [6.07, 6.45) is 8.21. The van der Waals surface area contributed by atoms with Gasteiger partial charge in [0.1, 0.15) is 0 Å². The topological polar surface area (TPSA) is 105 Å². The molecule has 0 amide bonds. The summed E-state index contributed by atoms with van der Waals surface area (Å²) < 4.78 is 9.28. The number of rotatable bonds is 2. The molecule has 2 aliphatic rings. The number of hydrogen-bond acceptors (Lipinski definition) is 6. The van der Waals surface area contributed by atoms with Gasteiger partial charge >= 0.3 is 11.9 Å². The summed E-state index contributed by atoms with van der Waals surface area (Å²) in [7, 11) is 2.84. The highest BCUT2D eigenvalue weighted by molar-refractivity contribution is 5.85. The largest absolute Gasteiger partial charge is 0.469 e. The van der Waals surface area contributed by atoms with Crippen molar-refractivity contribution < 1.29 is 19.1 Å². The molecule has 8 heteroatoms. The number of hydrogen-bond donors (Lipinski definition) is 2. The van der Waals surface area contributed by atoms with Gasteiger partial charge in [0.05, 0.1) is 26.1 Å². The third-order valence-electron chi connectivity index (χ3n) is 4.65. The average Bonchev–Trinajstić information content (AvgIpc) is 2.55. The van der Waals surface area contributed by atoms with Crippen molar-refractivity contribution in [3.63, 3.8) is 0 Å². The van der Waals surface area contributed by atoms with Gasteiger partial charge in [0, 0.05) is 12.1 Å². The Morgan fingerprint density at radius 3 is 1.25 bits per heavy atom. The van der Waals surface area contributed by atoms with Crippen LogP contribution < -0.4 is 11.5 Å². The molecular formula is C16H32Cl2N2O4. The van der Waals surface area contributed by atoms with Crippen molar-refractivity contribution in [2.24, 2.45) is 23.3 Å². The van der Waals surface area contributed by atoms with E-state index in [1.165, 1.54) is 14.2 Å². The Bertz CT molecular complexity index is 338. The van der Waals surface area contributed by atoms with Crippen LogP contribution in [0, 0.1) is 11.8 Å². The second kappa shape index (κ2) is 13.7. The van der Waals surface area contributed by atoms with E-state index in [2.05, 4.69) is 9.47 Å². The van der Waals surface area contributed by atoms with Crippen LogP contribution in [0.25, 0.3) is 0 Å². The summed E-state index contributed by atoms with van der Waals surface area (Å²) in [5, 5.41) is 0. The maximum Gasteiger partial charge on any atom is 0.310 e. The number of nitrogens with two attached hydrogens (primary N) is 2. The molecule has 24 heavy (non-hydrogen) atoms. The fourth-order valence-electron chi connectivity index (χ4n) is 3.21. The Labute approximate surface area is 157 Å². The van der Waals surface area contributed by atoms with Crippen LogP contribution in [-0.2, 0) is 19.1 Å². The van der Waals surface area contributed by atoms with Gasteiger partial charge < -0.3 is 20.9 Å². The Hall–Kier alpha value is -0.560. The monoisotopic (exact) mass is 386 g/mol. The maximum atomic E-state index is 11.1. The average molecular weight is 387 g/mol. The van der Waals surface area contributed by atoms with E-state index >= 15 is 0 Å². The lowest BCUT2D eigenvalue weighted by Crippen LogP contribution is -2.38. The van der Waals surface area contributed by atoms with Gasteiger partial charge in [-0.2, -0.15) is 0 Å². The molecule has 0 aliphatic heterocycles. The van der Waals surface area contributed by atoms with Gasteiger partial charge in [0.15, 0.2) is 0 Å². The van der Waals surface area contributed by atoms with Gasteiger partial charge in [-0.1, -0.05) is 25.7 Å². The minimum atomic E-state index is -0.141. The summed E-state index contributed by atoms with van der Waals surface area (Å²) in [4.78, 5) is 22.2. The van der Waals surface area contributed by atoms with Crippen molar-refractivity contribution >= 4 is 36.8 Å². The highest BCUT2D eigenvalue weighted by Crippen LogP contribution is 2.24. The van der Waals surface area contributed by atoms with Crippen molar-refractivity contribution in [2.45, 2.75) is 63.5 Å². The third-order valence-corrected chi connectivity index (χ3v) is 4.65. The van der Waals surface area contributed by atoms with E-state index in [9.17, 15) is 9.59 Å². The van der Waals surface area contributed by atoms with Gasteiger partial charge in [0.2, 0.25) is 0 Å². The Balaban J connectivity index is 0. The van der Waals surface area contributed by atoms with Crippen LogP contribution in [0.3, 0.4) is 0 Å². The first kappa shape index (κ1) is 25.7. The first-order chi connectivity index (χ1) is 10.5. The van der Waals surface area contributed by atoms with E-state index in [0.717, 1.165) is 51.4 Å². The number of ether oxygens (including phenoxy) is 2. The highest BCUT2D eigenvalue weighted by atomic mass is 35.5. The molecular weight excluding hydrogens is 355 g/mol. The molecule has 0 radical (unpaired) electrons. The first-order valence-corrected chi connectivity index (χ1v) is 8.18. The van der Waals surface area contributed by atoms with E-state index in [-0.39, 0.29) is 60.7 Å². The van der Waals surface area contributed by atoms with Crippen LogP contribution >= 0.6 is 24.8 Å². The third kappa shape index (κ3) is 8.01. The van der Waals surface area contributed by atoms with Crippen molar-refractivity contribution in [1.82, 2.24) is 0 Å². The van der Waals surface area contributed by atoms with Gasteiger partial charge in [-0.05, 0) is 25.7 Å². The second-order valence-electron chi connectivity index (χ2n) is 6.16. The normalized spacial score (nSPS) is 28.8. The van der Waals surface area contributed by atoms with Crippen molar-refractivity contribution in [3.05, 3.63) is 0 Å². The van der Waals surface area contributed by atoms with E-state index < -0.39 is 0 Å². The molecule has 0 spiro atoms. The molecule has 2 fully saturated rings. The number of carbonyl (C=O) groups is 2. The molecule has 0 aromatic rings. The fraction of sp³-hybridized carbons (Fsp3) is 0.875. The molecule has 2 saturated carbocycles. The molecule has 0 bridgehead atoms. The number of halogens is 2. The molecule has 6 nitrogen and oxygen atoms in total. The molecule has 0 saturated heterocycles. The molecule has 144 valence electrons. The van der Waals surface area contributed by atoms with Crippen LogP contribution in [0.2, 0.25) is 0 Å². The lowest BCUT2D eigenvalue weighted by molar-refractivity contribution is -0.148. The number of methoxy groups -OCH3 is 2. The molecule has 4 N–H and O–H groups in total. The summed E-state index contributed by atoms with van der Waals surface area (Å²) in [6.45, 7) is 0. The Morgan fingerprint density at radius 2 is 1.00 bits per heavy atom. The van der Waals surface area contributed by atoms with Crippen LogP contribution in [0.15, 0.2) is 0 Å². The molecule has 0 heterocycles. The molecule has 4 atom stereocenters. The Kier molecular flexibility index (Phi) is 14.7. The lowest BCUT2D eigenvalue weighted by atomic mass is 9.85. The van der Waals surface area contributed by atoms with E-state index in [0.29, 0.717) is 0 Å². The molecule has 0 aromatic carbocycles. The van der Waals surface area contributed by atoms with Gasteiger partial charge in [-0.15, -0.1) is 24.8 Å². The standard InChI is InChI=1S/2C8H15NO2.2ClH/c2*1-11-8(10)6-4-2-3-5-7(6)9;;/h2*6-7H,2-5,9H2,1H3;2*1H/t2*6-,7-;;/m10../s1. The Morgan fingerprint density at radius 1 is 0.708 bits per heavy atom.